The minimum atomic E-state index is -1.33. The van der Waals surface area contributed by atoms with Crippen molar-refractivity contribution < 1.29 is 4.21 Å². The molecule has 33 heavy (non-hydrogen) atoms. The Hall–Kier alpha value is -4.34. The third-order valence-corrected chi connectivity index (χ3v) is 6.92. The van der Waals surface area contributed by atoms with Crippen molar-refractivity contribution in [3.63, 3.8) is 0 Å². The molecule has 160 valence electrons. The molecule has 4 heterocycles. The summed E-state index contributed by atoms with van der Waals surface area (Å²) in [7, 11) is -1.33. The van der Waals surface area contributed by atoms with Crippen LogP contribution in [0, 0.1) is 22.7 Å². The van der Waals surface area contributed by atoms with Crippen LogP contribution in [0.15, 0.2) is 53.8 Å². The van der Waals surface area contributed by atoms with Gasteiger partial charge in [0.15, 0.2) is 0 Å². The van der Waals surface area contributed by atoms with E-state index >= 15 is 0 Å². The highest BCUT2D eigenvalue weighted by atomic mass is 32.2. The molecule has 0 saturated heterocycles. The highest BCUT2D eigenvalue weighted by Gasteiger charge is 2.26. The zero-order valence-electron chi connectivity index (χ0n) is 17.7. The highest BCUT2D eigenvalue weighted by molar-refractivity contribution is 7.85. The van der Waals surface area contributed by atoms with Gasteiger partial charge in [0.1, 0.15) is 17.3 Å². The van der Waals surface area contributed by atoms with Gasteiger partial charge in [0.2, 0.25) is 0 Å². The first kappa shape index (κ1) is 20.6. The second-order valence-corrected chi connectivity index (χ2v) is 9.73. The Labute approximate surface area is 192 Å². The first-order chi connectivity index (χ1) is 16.0. The summed E-state index contributed by atoms with van der Waals surface area (Å²) in [5, 5.41) is 22.9. The fourth-order valence-electron chi connectivity index (χ4n) is 3.85. The maximum Gasteiger partial charge on any atom is 0.141 e. The second-order valence-electron chi connectivity index (χ2n) is 7.72. The van der Waals surface area contributed by atoms with Crippen LogP contribution in [0.2, 0.25) is 0 Å². The number of aromatic amines is 1. The summed E-state index contributed by atoms with van der Waals surface area (Å²) < 4.78 is 12.6. The lowest BCUT2D eigenvalue weighted by Crippen LogP contribution is -2.07. The summed E-state index contributed by atoms with van der Waals surface area (Å²) in [5.74, 6) is 1.02. The highest BCUT2D eigenvalue weighted by Crippen LogP contribution is 2.43. The van der Waals surface area contributed by atoms with Crippen LogP contribution >= 0.6 is 0 Å². The molecule has 2 N–H and O–H groups in total. The van der Waals surface area contributed by atoms with Gasteiger partial charge in [-0.3, -0.25) is 9.19 Å². The molecule has 1 atom stereocenters. The van der Waals surface area contributed by atoms with E-state index < -0.39 is 10.8 Å². The molecular weight excluding hydrogens is 434 g/mol. The van der Waals surface area contributed by atoms with Gasteiger partial charge >= 0.3 is 0 Å². The summed E-state index contributed by atoms with van der Waals surface area (Å²) in [5.41, 5.74) is 4.61. The number of imidazole rings is 1. The molecule has 0 spiro atoms. The Bertz CT molecular complexity index is 1430. The molecule has 1 aliphatic rings. The number of H-pyrrole nitrogens is 1. The van der Waals surface area contributed by atoms with Crippen LogP contribution in [0.1, 0.15) is 25.0 Å². The lowest BCUT2D eigenvalue weighted by atomic mass is 10.0. The minimum absolute atomic E-state index is 0.143. The fraction of sp³-hybridized carbons (Fsp3) is 0.125. The largest absolute Gasteiger partial charge is 0.338 e. The van der Waals surface area contributed by atoms with Crippen LogP contribution in [0.3, 0.4) is 0 Å². The lowest BCUT2D eigenvalue weighted by molar-refractivity contribution is 0.676. The van der Waals surface area contributed by atoms with Crippen LogP contribution in [0.5, 0.6) is 0 Å². The standard InChI is InChI=1S/C24H17N7OS/c1-13(2)33(32)16-8-14(10-25)20(15(9-16)11-26)24-30-21-17-5-7-27-12-19(17)29-23-18(22(21)31-24)4-3-6-28-23/h3-9,12-13H,1-2H3,(H,28,29)(H,30,31). The van der Waals surface area contributed by atoms with Crippen LogP contribution in [-0.4, -0.2) is 29.4 Å². The SMILES string of the molecule is CC(C)S(=O)c1cc(C#N)c(-c2nc3c([nH]2)-c2ccncc2Nc2ncccc2-3)c(C#N)c1. The quantitative estimate of drug-likeness (QED) is 0.412. The van der Waals surface area contributed by atoms with Crippen molar-refractivity contribution in [3.05, 3.63) is 60.0 Å². The normalized spacial score (nSPS) is 12.4. The summed E-state index contributed by atoms with van der Waals surface area (Å²) in [4.78, 5) is 17.2. The average Bonchev–Trinajstić information content (AvgIpc) is 3.22. The third-order valence-electron chi connectivity index (χ3n) is 5.36. The topological polar surface area (TPSA) is 131 Å². The molecule has 0 radical (unpaired) electrons. The smallest absolute Gasteiger partial charge is 0.141 e. The molecule has 0 bridgehead atoms. The maximum absolute atomic E-state index is 12.6. The molecule has 5 rings (SSSR count). The molecular formula is C24H17N7OS. The number of nitriles is 2. The zero-order chi connectivity index (χ0) is 23.1. The van der Waals surface area contributed by atoms with E-state index in [9.17, 15) is 14.7 Å². The number of hydrogen-bond acceptors (Lipinski definition) is 7. The van der Waals surface area contributed by atoms with Gasteiger partial charge in [0.05, 0.1) is 57.2 Å². The Kier molecular flexibility index (Phi) is 4.97. The molecule has 1 unspecified atom stereocenters. The number of aromatic nitrogens is 4. The third kappa shape index (κ3) is 3.36. The molecule has 9 heteroatoms. The number of benzene rings is 1. The van der Waals surface area contributed by atoms with E-state index in [1.54, 1.807) is 30.7 Å². The first-order valence-electron chi connectivity index (χ1n) is 10.2. The van der Waals surface area contributed by atoms with E-state index in [0.29, 0.717) is 27.8 Å². The Morgan fingerprint density at radius 1 is 1.06 bits per heavy atom. The van der Waals surface area contributed by atoms with Gasteiger partial charge in [-0.1, -0.05) is 13.8 Å². The van der Waals surface area contributed by atoms with Crippen LogP contribution in [0.4, 0.5) is 11.5 Å². The van der Waals surface area contributed by atoms with Crippen LogP contribution in [0.25, 0.3) is 33.9 Å². The molecule has 1 aliphatic heterocycles. The molecule has 3 aromatic heterocycles. The van der Waals surface area contributed by atoms with Crippen molar-refractivity contribution in [2.45, 2.75) is 24.0 Å². The van der Waals surface area contributed by atoms with Crippen molar-refractivity contribution in [1.82, 2.24) is 19.9 Å². The minimum Gasteiger partial charge on any atom is -0.338 e. The Morgan fingerprint density at radius 3 is 2.52 bits per heavy atom. The summed E-state index contributed by atoms with van der Waals surface area (Å²) in [6, 6.07) is 13.1. The van der Waals surface area contributed by atoms with Crippen molar-refractivity contribution in [1.29, 1.82) is 10.5 Å². The lowest BCUT2D eigenvalue weighted by Gasteiger charge is -2.10. The van der Waals surface area contributed by atoms with Gasteiger partial charge in [-0.25, -0.2) is 9.97 Å². The Balaban J connectivity index is 1.78. The number of pyridine rings is 2. The van der Waals surface area contributed by atoms with E-state index in [-0.39, 0.29) is 16.4 Å². The molecule has 0 fully saturated rings. The number of rotatable bonds is 3. The number of fused-ring (bicyclic) bond motifs is 5. The van der Waals surface area contributed by atoms with Gasteiger partial charge in [0.25, 0.3) is 0 Å². The predicted octanol–water partition coefficient (Wildman–Crippen LogP) is 4.52. The molecule has 4 aromatic rings. The van der Waals surface area contributed by atoms with Gasteiger partial charge in [0, 0.05) is 33.7 Å². The van der Waals surface area contributed by atoms with E-state index in [2.05, 4.69) is 32.4 Å². The fourth-order valence-corrected chi connectivity index (χ4v) is 4.86. The molecule has 8 nitrogen and oxygen atoms in total. The second kappa shape index (κ2) is 7.97. The van der Waals surface area contributed by atoms with Gasteiger partial charge in [-0.2, -0.15) is 10.5 Å². The van der Waals surface area contributed by atoms with Crippen LogP contribution in [-0.2, 0) is 10.8 Å². The van der Waals surface area contributed by atoms with Gasteiger partial charge in [-0.05, 0) is 30.3 Å². The molecule has 0 amide bonds. The molecule has 0 saturated carbocycles. The average molecular weight is 452 g/mol. The number of anilines is 2. The van der Waals surface area contributed by atoms with Crippen molar-refractivity contribution in [2.75, 3.05) is 5.32 Å². The summed E-state index contributed by atoms with van der Waals surface area (Å²) in [6.07, 6.45) is 5.09. The van der Waals surface area contributed by atoms with Crippen LogP contribution < -0.4 is 5.32 Å². The summed E-state index contributed by atoms with van der Waals surface area (Å²) in [6.45, 7) is 3.66. The molecule has 0 aliphatic carbocycles. The van der Waals surface area contributed by atoms with Gasteiger partial charge < -0.3 is 10.3 Å². The maximum atomic E-state index is 12.6. The van der Waals surface area contributed by atoms with Crippen molar-refractivity contribution in [2.24, 2.45) is 0 Å². The summed E-state index contributed by atoms with van der Waals surface area (Å²) >= 11 is 0. The number of nitrogens with zero attached hydrogens (tertiary/aromatic N) is 5. The van der Waals surface area contributed by atoms with Gasteiger partial charge in [-0.15, -0.1) is 0 Å². The Morgan fingerprint density at radius 2 is 1.82 bits per heavy atom. The number of nitrogens with one attached hydrogen (secondary N) is 2. The monoisotopic (exact) mass is 451 g/mol. The van der Waals surface area contributed by atoms with Crippen molar-refractivity contribution in [3.8, 4) is 46.0 Å². The van der Waals surface area contributed by atoms with E-state index in [0.717, 1.165) is 22.5 Å². The first-order valence-corrected chi connectivity index (χ1v) is 11.4. The number of hydrogen-bond donors (Lipinski definition) is 2. The zero-order valence-corrected chi connectivity index (χ0v) is 18.6. The van der Waals surface area contributed by atoms with Crippen molar-refractivity contribution >= 4 is 22.3 Å². The predicted molar refractivity (Wildman–Crippen MR) is 125 cm³/mol. The van der Waals surface area contributed by atoms with E-state index in [1.165, 1.54) is 0 Å². The van der Waals surface area contributed by atoms with E-state index in [1.807, 2.05) is 32.0 Å². The molecule has 1 aromatic carbocycles. The van der Waals surface area contributed by atoms with E-state index in [4.69, 9.17) is 4.98 Å².